The third-order valence-electron chi connectivity index (χ3n) is 4.85. The van der Waals surface area contributed by atoms with E-state index in [1.807, 2.05) is 0 Å². The first-order valence-electron chi connectivity index (χ1n) is 8.70. The molecule has 0 radical (unpaired) electrons. The molecule has 1 amide bonds. The molecule has 0 spiro atoms. The maximum atomic E-state index is 14.0. The minimum atomic E-state index is -3.78. The number of benzene rings is 2. The predicted octanol–water partition coefficient (Wildman–Crippen LogP) is 2.89. The molecule has 1 N–H and O–H groups in total. The Morgan fingerprint density at radius 2 is 1.89 bits per heavy atom. The molecule has 4 rings (SSSR count). The van der Waals surface area contributed by atoms with E-state index in [1.165, 1.54) is 24.3 Å². The minimum Gasteiger partial charge on any atom is -0.342 e. The first kappa shape index (κ1) is 17.7. The molecule has 2 aromatic rings. The summed E-state index contributed by atoms with van der Waals surface area (Å²) in [5, 5.41) is 3.09. The lowest BCUT2D eigenvalue weighted by molar-refractivity contribution is 0.0698. The fourth-order valence-electron chi connectivity index (χ4n) is 3.50. The summed E-state index contributed by atoms with van der Waals surface area (Å²) < 4.78 is 42.8. The summed E-state index contributed by atoms with van der Waals surface area (Å²) in [5.41, 5.74) is 0.509. The highest BCUT2D eigenvalue weighted by molar-refractivity contribution is 7.90. The summed E-state index contributed by atoms with van der Waals surface area (Å²) in [7, 11) is -3.78. The van der Waals surface area contributed by atoms with Gasteiger partial charge in [-0.05, 0) is 37.1 Å². The molecule has 2 aromatic carbocycles. The van der Waals surface area contributed by atoms with Crippen LogP contribution in [0.3, 0.4) is 0 Å². The zero-order valence-electron chi connectivity index (χ0n) is 14.4. The molecule has 1 fully saturated rings. The number of hydrogen-bond donors (Lipinski definition) is 1. The van der Waals surface area contributed by atoms with Gasteiger partial charge < -0.3 is 10.2 Å². The molecule has 0 unspecified atom stereocenters. The molecule has 0 saturated carbocycles. The fraction of sp³-hybridized carbons (Fsp3) is 0.263. The van der Waals surface area contributed by atoms with E-state index in [1.54, 1.807) is 29.2 Å². The van der Waals surface area contributed by atoms with Crippen molar-refractivity contribution in [2.45, 2.75) is 17.7 Å². The van der Waals surface area contributed by atoms with Crippen LogP contribution in [0.1, 0.15) is 23.2 Å². The molecular formula is C19H18FN3O3S. The zero-order valence-corrected chi connectivity index (χ0v) is 15.2. The summed E-state index contributed by atoms with van der Waals surface area (Å²) in [4.78, 5) is 14.4. The normalized spacial score (nSPS) is 21.0. The number of amides is 1. The Balaban J connectivity index is 1.58. The highest BCUT2D eigenvalue weighted by Gasteiger charge is 2.33. The van der Waals surface area contributed by atoms with Gasteiger partial charge in [0, 0.05) is 19.0 Å². The topological polar surface area (TPSA) is 78.8 Å². The van der Waals surface area contributed by atoms with Crippen molar-refractivity contribution in [3.8, 4) is 0 Å². The van der Waals surface area contributed by atoms with Gasteiger partial charge in [0.2, 0.25) is 0 Å². The summed E-state index contributed by atoms with van der Waals surface area (Å²) in [6.45, 7) is 0.789. The average Bonchev–Trinajstić information content (AvgIpc) is 2.67. The molecule has 8 heteroatoms. The largest absolute Gasteiger partial charge is 0.342 e. The van der Waals surface area contributed by atoms with E-state index in [9.17, 15) is 17.6 Å². The number of amidine groups is 1. The van der Waals surface area contributed by atoms with Crippen LogP contribution < -0.4 is 5.32 Å². The molecule has 0 aromatic heterocycles. The lowest BCUT2D eigenvalue weighted by atomic mass is 9.95. The monoisotopic (exact) mass is 387 g/mol. The van der Waals surface area contributed by atoms with Crippen LogP contribution in [0, 0.1) is 11.7 Å². The van der Waals surface area contributed by atoms with E-state index in [2.05, 4.69) is 9.71 Å². The fourth-order valence-corrected chi connectivity index (χ4v) is 4.70. The number of halogens is 1. The highest BCUT2D eigenvalue weighted by atomic mass is 32.2. The second kappa shape index (κ2) is 6.77. The number of piperidine rings is 1. The number of para-hydroxylation sites is 1. The van der Waals surface area contributed by atoms with E-state index < -0.39 is 21.7 Å². The van der Waals surface area contributed by atoms with Crippen molar-refractivity contribution in [3.05, 3.63) is 59.9 Å². The van der Waals surface area contributed by atoms with Gasteiger partial charge in [0.1, 0.15) is 16.5 Å². The van der Waals surface area contributed by atoms with Gasteiger partial charge in [-0.3, -0.25) is 4.79 Å². The number of carbonyl (C=O) groups is 1. The van der Waals surface area contributed by atoms with E-state index in [-0.39, 0.29) is 22.9 Å². The molecule has 0 aliphatic carbocycles. The number of carbonyl (C=O) groups excluding carboxylic acids is 1. The van der Waals surface area contributed by atoms with Crippen molar-refractivity contribution < 1.29 is 17.6 Å². The Labute approximate surface area is 156 Å². The number of nitrogens with zero attached hydrogens (tertiary/aromatic N) is 2. The molecule has 1 atom stereocenters. The molecule has 140 valence electrons. The second-order valence-electron chi connectivity index (χ2n) is 6.64. The number of rotatable bonds is 2. The van der Waals surface area contributed by atoms with Gasteiger partial charge >= 0.3 is 0 Å². The Morgan fingerprint density at radius 1 is 1.15 bits per heavy atom. The van der Waals surface area contributed by atoms with Crippen LogP contribution >= 0.6 is 0 Å². The summed E-state index contributed by atoms with van der Waals surface area (Å²) in [6.07, 6.45) is 1.39. The number of anilines is 1. The third-order valence-corrected chi connectivity index (χ3v) is 6.19. The molecule has 2 aliphatic heterocycles. The third kappa shape index (κ3) is 3.32. The molecule has 27 heavy (non-hydrogen) atoms. The highest BCUT2D eigenvalue weighted by Crippen LogP contribution is 2.30. The lowest BCUT2D eigenvalue weighted by Crippen LogP contribution is -2.44. The van der Waals surface area contributed by atoms with E-state index >= 15 is 0 Å². The Bertz CT molecular complexity index is 1040. The van der Waals surface area contributed by atoms with Crippen LogP contribution in [-0.4, -0.2) is 38.2 Å². The van der Waals surface area contributed by atoms with Crippen molar-refractivity contribution in [2.75, 3.05) is 18.4 Å². The van der Waals surface area contributed by atoms with Crippen molar-refractivity contribution in [1.82, 2.24) is 4.90 Å². The van der Waals surface area contributed by atoms with Crippen molar-refractivity contribution in [2.24, 2.45) is 10.3 Å². The number of fused-ring (bicyclic) bond motifs is 1. The van der Waals surface area contributed by atoms with E-state index in [0.717, 1.165) is 0 Å². The van der Waals surface area contributed by atoms with Crippen LogP contribution in [0.5, 0.6) is 0 Å². The van der Waals surface area contributed by atoms with Gasteiger partial charge in [-0.25, -0.2) is 4.39 Å². The molecular weight excluding hydrogens is 369 g/mol. The zero-order chi connectivity index (χ0) is 19.0. The lowest BCUT2D eigenvalue weighted by Gasteiger charge is -2.34. The predicted molar refractivity (Wildman–Crippen MR) is 99.7 cm³/mol. The first-order valence-corrected chi connectivity index (χ1v) is 10.1. The molecule has 0 bridgehead atoms. The number of likely N-dealkylation sites (tertiary alicyclic amines) is 1. The molecule has 1 saturated heterocycles. The second-order valence-corrected chi connectivity index (χ2v) is 8.22. The van der Waals surface area contributed by atoms with Gasteiger partial charge in [-0.2, -0.15) is 8.42 Å². The SMILES string of the molecule is O=C(c1ccccc1F)N1CCC[C@H](C2=NS(=O)(=O)c3ccccc3N2)C1. The quantitative estimate of drug-likeness (QED) is 0.859. The van der Waals surface area contributed by atoms with Crippen molar-refractivity contribution >= 4 is 27.5 Å². The molecule has 2 aliphatic rings. The standard InChI is InChI=1S/C19H18FN3O3S/c20-15-8-2-1-7-14(15)19(24)23-11-5-6-13(12-23)18-21-16-9-3-4-10-17(16)27(25,26)22-18/h1-4,7-10,13H,5-6,11-12H2,(H,21,22)/t13-/m0/s1. The summed E-state index contributed by atoms with van der Waals surface area (Å²) >= 11 is 0. The average molecular weight is 387 g/mol. The maximum Gasteiger partial charge on any atom is 0.286 e. The Morgan fingerprint density at radius 3 is 2.70 bits per heavy atom. The molecule has 6 nitrogen and oxygen atoms in total. The maximum absolute atomic E-state index is 14.0. The summed E-state index contributed by atoms with van der Waals surface area (Å²) in [5.74, 6) is -0.871. The van der Waals surface area contributed by atoms with Crippen molar-refractivity contribution in [1.29, 1.82) is 0 Å². The van der Waals surface area contributed by atoms with Gasteiger partial charge in [0.25, 0.3) is 15.9 Å². The number of nitrogens with one attached hydrogen (secondary N) is 1. The molecule has 2 heterocycles. The van der Waals surface area contributed by atoms with Crippen LogP contribution in [-0.2, 0) is 10.0 Å². The van der Waals surface area contributed by atoms with Gasteiger partial charge in [0.05, 0.1) is 11.3 Å². The van der Waals surface area contributed by atoms with Crippen LogP contribution in [0.4, 0.5) is 10.1 Å². The van der Waals surface area contributed by atoms with Gasteiger partial charge in [-0.1, -0.05) is 24.3 Å². The van der Waals surface area contributed by atoms with Gasteiger partial charge in [0.15, 0.2) is 0 Å². The van der Waals surface area contributed by atoms with Crippen LogP contribution in [0.25, 0.3) is 0 Å². The van der Waals surface area contributed by atoms with E-state index in [4.69, 9.17) is 0 Å². The smallest absolute Gasteiger partial charge is 0.286 e. The number of hydrogen-bond acceptors (Lipinski definition) is 4. The Hall–Kier alpha value is -2.74. The van der Waals surface area contributed by atoms with Gasteiger partial charge in [-0.15, -0.1) is 4.40 Å². The number of sulfonamides is 1. The minimum absolute atomic E-state index is 0.0228. The van der Waals surface area contributed by atoms with E-state index in [0.29, 0.717) is 30.9 Å². The summed E-state index contributed by atoms with van der Waals surface area (Å²) in [6, 6.07) is 12.5. The van der Waals surface area contributed by atoms with Crippen LogP contribution in [0.15, 0.2) is 57.8 Å². The first-order chi connectivity index (χ1) is 13.0. The van der Waals surface area contributed by atoms with Crippen LogP contribution in [0.2, 0.25) is 0 Å². The van der Waals surface area contributed by atoms with Crippen molar-refractivity contribution in [3.63, 3.8) is 0 Å². The Kier molecular flexibility index (Phi) is 4.43.